The molecule has 0 bridgehead atoms. The maximum absolute atomic E-state index is 12.1. The summed E-state index contributed by atoms with van der Waals surface area (Å²) in [7, 11) is 1.79. The Bertz CT molecular complexity index is 705. The van der Waals surface area contributed by atoms with Crippen LogP contribution in [0.4, 0.5) is 0 Å². The zero-order chi connectivity index (χ0) is 11.1. The molecule has 6 heteroatoms. The fraction of sp³-hybridized carbons (Fsp3) is 0.100. The van der Waals surface area contributed by atoms with Gasteiger partial charge in [0.15, 0.2) is 5.65 Å². The highest BCUT2D eigenvalue weighted by molar-refractivity contribution is 5.58. The van der Waals surface area contributed by atoms with E-state index in [9.17, 15) is 4.79 Å². The summed E-state index contributed by atoms with van der Waals surface area (Å²) in [5, 5.41) is 6.85. The molecule has 0 saturated heterocycles. The van der Waals surface area contributed by atoms with E-state index in [0.29, 0.717) is 11.2 Å². The Morgan fingerprint density at radius 2 is 2.25 bits per heavy atom. The second kappa shape index (κ2) is 3.06. The first-order valence-corrected chi connectivity index (χ1v) is 4.81. The first-order chi connectivity index (χ1) is 7.77. The molecule has 1 N–H and O–H groups in total. The molecule has 0 saturated carbocycles. The van der Waals surface area contributed by atoms with Crippen molar-refractivity contribution in [1.82, 2.24) is 24.4 Å². The van der Waals surface area contributed by atoms with Crippen LogP contribution in [0, 0.1) is 0 Å². The number of aryl methyl sites for hydroxylation is 1. The van der Waals surface area contributed by atoms with Crippen molar-refractivity contribution < 1.29 is 0 Å². The van der Waals surface area contributed by atoms with Crippen molar-refractivity contribution in [3.8, 4) is 11.3 Å². The summed E-state index contributed by atoms with van der Waals surface area (Å²) in [5.74, 6) is 0. The van der Waals surface area contributed by atoms with E-state index >= 15 is 0 Å². The van der Waals surface area contributed by atoms with Crippen molar-refractivity contribution in [2.45, 2.75) is 0 Å². The molecular formula is C10H9N5O. The Hall–Kier alpha value is -2.37. The summed E-state index contributed by atoms with van der Waals surface area (Å²) in [5.41, 5.74) is 1.76. The summed E-state index contributed by atoms with van der Waals surface area (Å²) in [6.07, 6.45) is 4.90. The van der Waals surface area contributed by atoms with Gasteiger partial charge in [-0.15, -0.1) is 0 Å². The summed E-state index contributed by atoms with van der Waals surface area (Å²) < 4.78 is 3.05. The van der Waals surface area contributed by atoms with Crippen LogP contribution < -0.4 is 5.56 Å². The van der Waals surface area contributed by atoms with E-state index in [0.717, 1.165) is 5.69 Å². The Morgan fingerprint density at radius 3 is 3.00 bits per heavy atom. The van der Waals surface area contributed by atoms with E-state index in [4.69, 9.17) is 0 Å². The largest absolute Gasteiger partial charge is 0.297 e. The molecule has 0 spiro atoms. The molecule has 0 aromatic carbocycles. The van der Waals surface area contributed by atoms with Gasteiger partial charge >= 0.3 is 0 Å². The molecule has 0 amide bonds. The molecule has 80 valence electrons. The Labute approximate surface area is 90.1 Å². The number of rotatable bonds is 1. The molecule has 0 aliphatic carbocycles. The predicted molar refractivity (Wildman–Crippen MR) is 58.0 cm³/mol. The Balaban J connectivity index is 2.37. The van der Waals surface area contributed by atoms with E-state index in [2.05, 4.69) is 15.2 Å². The summed E-state index contributed by atoms with van der Waals surface area (Å²) >= 11 is 0. The van der Waals surface area contributed by atoms with E-state index in [1.54, 1.807) is 42.5 Å². The van der Waals surface area contributed by atoms with Crippen LogP contribution in [0.1, 0.15) is 0 Å². The third-order valence-electron chi connectivity index (χ3n) is 2.52. The van der Waals surface area contributed by atoms with Crippen molar-refractivity contribution in [2.75, 3.05) is 0 Å². The maximum atomic E-state index is 12.1. The van der Waals surface area contributed by atoms with Crippen molar-refractivity contribution in [1.29, 1.82) is 0 Å². The Morgan fingerprint density at radius 1 is 1.38 bits per heavy atom. The van der Waals surface area contributed by atoms with E-state index in [-0.39, 0.29) is 5.56 Å². The smallest absolute Gasteiger partial charge is 0.282 e. The van der Waals surface area contributed by atoms with Crippen molar-refractivity contribution in [3.63, 3.8) is 0 Å². The molecule has 16 heavy (non-hydrogen) atoms. The van der Waals surface area contributed by atoms with Gasteiger partial charge < -0.3 is 0 Å². The monoisotopic (exact) mass is 215 g/mol. The van der Waals surface area contributed by atoms with Crippen LogP contribution in [0.25, 0.3) is 16.9 Å². The molecule has 6 nitrogen and oxygen atoms in total. The third-order valence-corrected chi connectivity index (χ3v) is 2.52. The van der Waals surface area contributed by atoms with E-state index in [1.165, 1.54) is 4.52 Å². The molecule has 3 aromatic rings. The second-order valence-corrected chi connectivity index (χ2v) is 3.47. The molecular weight excluding hydrogens is 206 g/mol. The number of fused-ring (bicyclic) bond motifs is 1. The van der Waals surface area contributed by atoms with Crippen LogP contribution in [-0.2, 0) is 7.05 Å². The lowest BCUT2D eigenvalue weighted by Gasteiger charge is -2.01. The number of H-pyrrole nitrogens is 1. The summed E-state index contributed by atoms with van der Waals surface area (Å²) in [6.45, 7) is 0. The van der Waals surface area contributed by atoms with Crippen LogP contribution in [-0.4, -0.2) is 24.4 Å². The van der Waals surface area contributed by atoms with Gasteiger partial charge in [-0.3, -0.25) is 14.6 Å². The van der Waals surface area contributed by atoms with E-state index < -0.39 is 0 Å². The fourth-order valence-electron chi connectivity index (χ4n) is 1.71. The molecule has 0 aliphatic heterocycles. The molecule has 3 aromatic heterocycles. The fourth-order valence-corrected chi connectivity index (χ4v) is 1.71. The Kier molecular flexibility index (Phi) is 1.70. The van der Waals surface area contributed by atoms with Crippen LogP contribution >= 0.6 is 0 Å². The van der Waals surface area contributed by atoms with Crippen molar-refractivity contribution >= 4 is 5.65 Å². The first kappa shape index (κ1) is 8.90. The number of nitrogens with zero attached hydrogens (tertiary/aromatic N) is 4. The zero-order valence-corrected chi connectivity index (χ0v) is 8.58. The molecule has 0 atom stereocenters. The van der Waals surface area contributed by atoms with Gasteiger partial charge in [-0.2, -0.15) is 5.10 Å². The van der Waals surface area contributed by atoms with Crippen molar-refractivity contribution in [2.24, 2.45) is 7.05 Å². The molecule has 0 fully saturated rings. The zero-order valence-electron chi connectivity index (χ0n) is 8.58. The second-order valence-electron chi connectivity index (χ2n) is 3.47. The highest BCUT2D eigenvalue weighted by atomic mass is 16.1. The van der Waals surface area contributed by atoms with Gasteiger partial charge in [0.1, 0.15) is 0 Å². The molecule has 0 aliphatic rings. The number of hydrogen-bond donors (Lipinski definition) is 1. The highest BCUT2D eigenvalue weighted by Gasteiger charge is 2.10. The molecule has 3 heterocycles. The number of aromatic amines is 1. The van der Waals surface area contributed by atoms with Crippen LogP contribution in [0.2, 0.25) is 0 Å². The maximum Gasteiger partial charge on any atom is 0.282 e. The highest BCUT2D eigenvalue weighted by Crippen LogP contribution is 2.12. The van der Waals surface area contributed by atoms with Gasteiger partial charge in [-0.25, -0.2) is 9.50 Å². The van der Waals surface area contributed by atoms with Gasteiger partial charge in [0, 0.05) is 31.7 Å². The molecule has 0 radical (unpaired) electrons. The minimum absolute atomic E-state index is 0.126. The first-order valence-electron chi connectivity index (χ1n) is 4.81. The number of hydrogen-bond acceptors (Lipinski definition) is 3. The average Bonchev–Trinajstić information content (AvgIpc) is 2.88. The van der Waals surface area contributed by atoms with E-state index in [1.807, 2.05) is 0 Å². The van der Waals surface area contributed by atoms with Crippen LogP contribution in [0.5, 0.6) is 0 Å². The SMILES string of the molecule is Cn1nccc1-c1cnc2cc[nH]n2c1=O. The number of aromatic nitrogens is 5. The quantitative estimate of drug-likeness (QED) is 0.639. The van der Waals surface area contributed by atoms with Gasteiger partial charge in [0.2, 0.25) is 0 Å². The topological polar surface area (TPSA) is 68.0 Å². The lowest BCUT2D eigenvalue weighted by molar-refractivity contribution is 0.772. The van der Waals surface area contributed by atoms with Gasteiger partial charge in [0.25, 0.3) is 5.56 Å². The number of nitrogens with one attached hydrogen (secondary N) is 1. The molecule has 3 rings (SSSR count). The third kappa shape index (κ3) is 1.10. The lowest BCUT2D eigenvalue weighted by Crippen LogP contribution is -2.17. The average molecular weight is 215 g/mol. The minimum Gasteiger partial charge on any atom is -0.297 e. The standard InChI is InChI=1S/C10H9N5O/c1-14-8(2-4-12-14)7-6-11-9-3-5-13-15(9)10(7)16/h2-6,13H,1H3. The lowest BCUT2D eigenvalue weighted by atomic mass is 10.2. The van der Waals surface area contributed by atoms with Gasteiger partial charge in [0.05, 0.1) is 11.3 Å². The van der Waals surface area contributed by atoms with Gasteiger partial charge in [-0.1, -0.05) is 0 Å². The summed E-state index contributed by atoms with van der Waals surface area (Å²) in [6, 6.07) is 3.53. The predicted octanol–water partition coefficient (Wildman–Crippen LogP) is 0.423. The van der Waals surface area contributed by atoms with Crippen LogP contribution in [0.15, 0.2) is 35.5 Å². The summed E-state index contributed by atoms with van der Waals surface area (Å²) in [4.78, 5) is 16.3. The van der Waals surface area contributed by atoms with Crippen molar-refractivity contribution in [3.05, 3.63) is 41.1 Å². The molecule has 0 unspecified atom stereocenters. The van der Waals surface area contributed by atoms with Gasteiger partial charge in [-0.05, 0) is 6.07 Å². The van der Waals surface area contributed by atoms with Crippen LogP contribution in [0.3, 0.4) is 0 Å². The minimum atomic E-state index is -0.126. The normalized spacial score (nSPS) is 11.1.